The summed E-state index contributed by atoms with van der Waals surface area (Å²) in [5.41, 5.74) is 2.52. The number of carbonyl (C=O) groups is 1. The zero-order valence-electron chi connectivity index (χ0n) is 17.0. The normalized spacial score (nSPS) is 14.1. The molecule has 162 valence electrons. The second-order valence-electron chi connectivity index (χ2n) is 6.96. The molecule has 9 heteroatoms. The van der Waals surface area contributed by atoms with Crippen molar-refractivity contribution in [1.29, 1.82) is 0 Å². The summed E-state index contributed by atoms with van der Waals surface area (Å²) in [6, 6.07) is 10.9. The number of carbonyl (C=O) groups excluding carboxylic acids is 1. The largest absolute Gasteiger partial charge is 0.493 e. The van der Waals surface area contributed by atoms with E-state index in [1.54, 1.807) is 32.4 Å². The van der Waals surface area contributed by atoms with Crippen molar-refractivity contribution in [2.24, 2.45) is 0 Å². The average molecular weight is 497 g/mol. The standard InChI is InChI=1S/C21H25BrN2O5S/c1-28-19-12-15-8-10-24(14-16(15)13-20(19)29-2)30(26,27)11-5-9-23-21(25)17-6-3-4-7-18(17)22/h3-4,6-7,12-13H,5,8-11,14H2,1-2H3,(H,23,25). The van der Waals surface area contributed by atoms with E-state index >= 15 is 0 Å². The van der Waals surface area contributed by atoms with Crippen LogP contribution < -0.4 is 14.8 Å². The molecule has 0 aliphatic carbocycles. The van der Waals surface area contributed by atoms with Gasteiger partial charge in [0.05, 0.1) is 25.5 Å². The van der Waals surface area contributed by atoms with Crippen LogP contribution in [0.5, 0.6) is 11.5 Å². The van der Waals surface area contributed by atoms with E-state index in [1.165, 1.54) is 4.31 Å². The molecule has 0 radical (unpaired) electrons. The Balaban J connectivity index is 1.56. The molecule has 3 rings (SSSR count). The molecule has 0 atom stereocenters. The SMILES string of the molecule is COc1cc2c(cc1OC)CN(S(=O)(=O)CCCNC(=O)c1ccccc1Br)CC2. The Morgan fingerprint density at radius 2 is 1.80 bits per heavy atom. The van der Waals surface area contributed by atoms with Gasteiger partial charge in [-0.2, -0.15) is 4.31 Å². The smallest absolute Gasteiger partial charge is 0.252 e. The van der Waals surface area contributed by atoms with Crippen molar-refractivity contribution in [2.45, 2.75) is 19.4 Å². The van der Waals surface area contributed by atoms with Gasteiger partial charge in [0, 0.05) is 24.1 Å². The number of hydrogen-bond donors (Lipinski definition) is 1. The molecule has 0 aromatic heterocycles. The molecule has 30 heavy (non-hydrogen) atoms. The van der Waals surface area contributed by atoms with Crippen LogP contribution in [0.25, 0.3) is 0 Å². The molecule has 0 unspecified atom stereocenters. The predicted octanol–water partition coefficient (Wildman–Crippen LogP) is 2.97. The van der Waals surface area contributed by atoms with Crippen LogP contribution >= 0.6 is 15.9 Å². The first kappa shape index (κ1) is 22.6. The highest BCUT2D eigenvalue weighted by Gasteiger charge is 2.27. The van der Waals surface area contributed by atoms with Crippen molar-refractivity contribution in [1.82, 2.24) is 9.62 Å². The van der Waals surface area contributed by atoms with Gasteiger partial charge in [0.15, 0.2) is 11.5 Å². The number of halogens is 1. The zero-order valence-corrected chi connectivity index (χ0v) is 19.4. The number of nitrogens with zero attached hydrogens (tertiary/aromatic N) is 1. The highest BCUT2D eigenvalue weighted by Crippen LogP contribution is 2.33. The number of ether oxygens (including phenoxy) is 2. The van der Waals surface area contributed by atoms with Crippen molar-refractivity contribution < 1.29 is 22.7 Å². The fraction of sp³-hybridized carbons (Fsp3) is 0.381. The Morgan fingerprint density at radius 1 is 1.13 bits per heavy atom. The third-order valence-corrected chi connectivity index (χ3v) is 7.65. The molecular weight excluding hydrogens is 472 g/mol. The summed E-state index contributed by atoms with van der Waals surface area (Å²) >= 11 is 3.34. The van der Waals surface area contributed by atoms with Gasteiger partial charge in [-0.05, 0) is 64.2 Å². The second kappa shape index (κ2) is 9.80. The van der Waals surface area contributed by atoms with Gasteiger partial charge in [-0.1, -0.05) is 12.1 Å². The number of rotatable bonds is 8. The molecule has 1 amide bonds. The van der Waals surface area contributed by atoms with Gasteiger partial charge < -0.3 is 14.8 Å². The molecule has 2 aromatic carbocycles. The number of nitrogens with one attached hydrogen (secondary N) is 1. The van der Waals surface area contributed by atoms with E-state index in [9.17, 15) is 13.2 Å². The van der Waals surface area contributed by atoms with Crippen LogP contribution in [0.2, 0.25) is 0 Å². The lowest BCUT2D eigenvalue weighted by Crippen LogP contribution is -2.38. The van der Waals surface area contributed by atoms with Crippen molar-refractivity contribution in [2.75, 3.05) is 33.1 Å². The maximum atomic E-state index is 12.8. The van der Waals surface area contributed by atoms with E-state index in [0.717, 1.165) is 11.1 Å². The Kier molecular flexibility index (Phi) is 7.38. The Bertz CT molecular complexity index is 1030. The van der Waals surface area contributed by atoms with Gasteiger partial charge >= 0.3 is 0 Å². The van der Waals surface area contributed by atoms with E-state index in [0.29, 0.717) is 47.5 Å². The molecule has 1 heterocycles. The number of amides is 1. The first-order valence-corrected chi connectivity index (χ1v) is 12.0. The number of benzene rings is 2. The highest BCUT2D eigenvalue weighted by atomic mass is 79.9. The maximum Gasteiger partial charge on any atom is 0.252 e. The van der Waals surface area contributed by atoms with Crippen LogP contribution in [0, 0.1) is 0 Å². The molecule has 1 aliphatic rings. The summed E-state index contributed by atoms with van der Waals surface area (Å²) in [5, 5.41) is 2.78. The average Bonchev–Trinajstić information content (AvgIpc) is 2.75. The van der Waals surface area contributed by atoms with E-state index in [4.69, 9.17) is 9.47 Å². The third-order valence-electron chi connectivity index (χ3n) is 5.06. The number of fused-ring (bicyclic) bond motifs is 1. The van der Waals surface area contributed by atoms with Crippen molar-refractivity contribution in [3.8, 4) is 11.5 Å². The summed E-state index contributed by atoms with van der Waals surface area (Å²) in [6.45, 7) is 1.02. The zero-order chi connectivity index (χ0) is 21.7. The number of hydrogen-bond acceptors (Lipinski definition) is 5. The van der Waals surface area contributed by atoms with E-state index in [2.05, 4.69) is 21.2 Å². The minimum Gasteiger partial charge on any atom is -0.493 e. The first-order chi connectivity index (χ1) is 14.4. The molecule has 0 saturated carbocycles. The number of methoxy groups -OCH3 is 2. The summed E-state index contributed by atoms with van der Waals surface area (Å²) in [5.74, 6) is 0.984. The quantitative estimate of drug-likeness (QED) is 0.567. The topological polar surface area (TPSA) is 84.9 Å². The highest BCUT2D eigenvalue weighted by molar-refractivity contribution is 9.10. The van der Waals surface area contributed by atoms with E-state index < -0.39 is 10.0 Å². The van der Waals surface area contributed by atoms with Gasteiger partial charge in [-0.15, -0.1) is 0 Å². The Morgan fingerprint density at radius 3 is 2.47 bits per heavy atom. The van der Waals surface area contributed by atoms with E-state index in [1.807, 2.05) is 18.2 Å². The molecule has 1 N–H and O–H groups in total. The Hall–Kier alpha value is -2.10. The molecule has 0 fully saturated rings. The lowest BCUT2D eigenvalue weighted by molar-refractivity contribution is 0.0953. The van der Waals surface area contributed by atoms with Gasteiger partial charge in [0.2, 0.25) is 10.0 Å². The fourth-order valence-corrected chi connectivity index (χ4v) is 5.36. The molecule has 0 spiro atoms. The Labute approximate surface area is 185 Å². The molecule has 0 bridgehead atoms. The maximum absolute atomic E-state index is 12.8. The van der Waals surface area contributed by atoms with Crippen LogP contribution in [0.15, 0.2) is 40.9 Å². The summed E-state index contributed by atoms with van der Waals surface area (Å²) < 4.78 is 38.4. The van der Waals surface area contributed by atoms with Crippen LogP contribution in [-0.4, -0.2) is 51.7 Å². The fourth-order valence-electron chi connectivity index (χ4n) is 3.42. The van der Waals surface area contributed by atoms with Crippen molar-refractivity contribution in [3.05, 3.63) is 57.6 Å². The van der Waals surface area contributed by atoms with Crippen molar-refractivity contribution >= 4 is 31.9 Å². The minimum atomic E-state index is -3.43. The van der Waals surface area contributed by atoms with Crippen LogP contribution in [0.3, 0.4) is 0 Å². The van der Waals surface area contributed by atoms with Crippen molar-refractivity contribution in [3.63, 3.8) is 0 Å². The van der Waals surface area contributed by atoms with E-state index in [-0.39, 0.29) is 18.2 Å². The predicted molar refractivity (Wildman–Crippen MR) is 119 cm³/mol. The molecule has 2 aromatic rings. The minimum absolute atomic E-state index is 0.0220. The van der Waals surface area contributed by atoms with Crippen LogP contribution in [0.1, 0.15) is 27.9 Å². The second-order valence-corrected chi connectivity index (χ2v) is 9.91. The van der Waals surface area contributed by atoms with Gasteiger partial charge in [-0.25, -0.2) is 8.42 Å². The molecular formula is C21H25BrN2O5S. The van der Waals surface area contributed by atoms with Crippen LogP contribution in [0.4, 0.5) is 0 Å². The first-order valence-electron chi connectivity index (χ1n) is 9.60. The molecule has 7 nitrogen and oxygen atoms in total. The monoisotopic (exact) mass is 496 g/mol. The van der Waals surface area contributed by atoms with Crippen LogP contribution in [-0.2, 0) is 23.0 Å². The van der Waals surface area contributed by atoms with Gasteiger partial charge in [-0.3, -0.25) is 4.79 Å². The summed E-state index contributed by atoms with van der Waals surface area (Å²) in [6.07, 6.45) is 0.960. The lowest BCUT2D eigenvalue weighted by Gasteiger charge is -2.29. The molecule has 0 saturated heterocycles. The third kappa shape index (κ3) is 5.14. The van der Waals surface area contributed by atoms with Gasteiger partial charge in [0.1, 0.15) is 0 Å². The lowest BCUT2D eigenvalue weighted by atomic mass is 10.0. The summed E-state index contributed by atoms with van der Waals surface area (Å²) in [7, 11) is -0.290. The summed E-state index contributed by atoms with van der Waals surface area (Å²) in [4.78, 5) is 12.2. The number of sulfonamides is 1. The molecule has 1 aliphatic heterocycles. The van der Waals surface area contributed by atoms with Gasteiger partial charge in [0.25, 0.3) is 5.91 Å².